The minimum atomic E-state index is 0.445. The summed E-state index contributed by atoms with van der Waals surface area (Å²) in [5.74, 6) is 1.70. The molecule has 2 aromatic carbocycles. The predicted molar refractivity (Wildman–Crippen MR) is 129 cm³/mol. The van der Waals surface area contributed by atoms with Gasteiger partial charge in [-0.05, 0) is 75.4 Å². The van der Waals surface area contributed by atoms with E-state index in [9.17, 15) is 0 Å². The van der Waals surface area contributed by atoms with Gasteiger partial charge in [-0.2, -0.15) is 0 Å². The summed E-state index contributed by atoms with van der Waals surface area (Å²) in [5.41, 5.74) is 6.62. The van der Waals surface area contributed by atoms with Crippen LogP contribution in [0.15, 0.2) is 30.3 Å². The first-order valence-corrected chi connectivity index (χ1v) is 12.3. The van der Waals surface area contributed by atoms with Crippen LogP contribution in [0.3, 0.4) is 0 Å². The van der Waals surface area contributed by atoms with E-state index in [0.29, 0.717) is 6.04 Å². The van der Waals surface area contributed by atoms with Gasteiger partial charge >= 0.3 is 0 Å². The molecule has 2 aromatic rings. The lowest BCUT2D eigenvalue weighted by Gasteiger charge is -2.41. The molecule has 0 bridgehead atoms. The lowest BCUT2D eigenvalue weighted by atomic mass is 9.91. The zero-order chi connectivity index (χ0) is 21.9. The second kappa shape index (κ2) is 9.72. The van der Waals surface area contributed by atoms with E-state index in [1.54, 1.807) is 7.11 Å². The number of ether oxygens (including phenoxy) is 3. The summed E-state index contributed by atoms with van der Waals surface area (Å²) in [6.45, 7) is 8.14. The molecule has 0 saturated carbocycles. The molecular weight excluding hydrogens is 400 g/mol. The van der Waals surface area contributed by atoms with Crippen LogP contribution in [0.2, 0.25) is 0 Å². The van der Waals surface area contributed by atoms with E-state index in [-0.39, 0.29) is 0 Å². The van der Waals surface area contributed by atoms with E-state index in [0.717, 1.165) is 63.5 Å². The summed E-state index contributed by atoms with van der Waals surface area (Å²) in [7, 11) is 1.75. The van der Waals surface area contributed by atoms with Crippen molar-refractivity contribution in [2.24, 2.45) is 0 Å². The molecule has 32 heavy (non-hydrogen) atoms. The standard InChI is InChI=1S/C27H36N2O3/c1-20-6-7-24-21(16-20)17-22-18-26(30-2)27(32-13-5-12-28-10-3-4-11-28)19-25(22)29(24)23-8-14-31-15-9-23/h6-7,16,18-19,23H,3-5,8-15,17H2,1-2H3. The molecule has 0 spiro atoms. The molecule has 0 atom stereocenters. The Morgan fingerprint density at radius 3 is 2.53 bits per heavy atom. The highest BCUT2D eigenvalue weighted by Crippen LogP contribution is 2.46. The summed E-state index contributed by atoms with van der Waals surface area (Å²) in [4.78, 5) is 5.09. The zero-order valence-corrected chi connectivity index (χ0v) is 19.6. The SMILES string of the molecule is COc1cc2c(cc1OCCCN1CCCC1)N(C1CCOCC1)c1ccc(C)cc1C2. The molecule has 2 saturated heterocycles. The van der Waals surface area contributed by atoms with Crippen LogP contribution in [0, 0.1) is 6.92 Å². The molecule has 3 aliphatic rings. The maximum Gasteiger partial charge on any atom is 0.163 e. The second-order valence-corrected chi connectivity index (χ2v) is 9.41. The van der Waals surface area contributed by atoms with Gasteiger partial charge in [0, 0.05) is 49.7 Å². The van der Waals surface area contributed by atoms with Crippen molar-refractivity contribution in [3.63, 3.8) is 0 Å². The minimum absolute atomic E-state index is 0.445. The van der Waals surface area contributed by atoms with Crippen LogP contribution in [-0.4, -0.2) is 57.5 Å². The zero-order valence-electron chi connectivity index (χ0n) is 19.6. The average Bonchev–Trinajstić information content (AvgIpc) is 3.34. The molecule has 3 heterocycles. The predicted octanol–water partition coefficient (Wildman–Crippen LogP) is 5.09. The molecule has 0 N–H and O–H groups in total. The van der Waals surface area contributed by atoms with Gasteiger partial charge in [-0.15, -0.1) is 0 Å². The topological polar surface area (TPSA) is 34.2 Å². The quantitative estimate of drug-likeness (QED) is 0.565. The number of hydrogen-bond donors (Lipinski definition) is 0. The maximum absolute atomic E-state index is 6.29. The van der Waals surface area contributed by atoms with Crippen LogP contribution in [-0.2, 0) is 11.2 Å². The highest BCUT2D eigenvalue weighted by atomic mass is 16.5. The van der Waals surface area contributed by atoms with Crippen molar-refractivity contribution in [2.45, 2.75) is 51.5 Å². The molecule has 0 aromatic heterocycles. The Hall–Kier alpha value is -2.24. The van der Waals surface area contributed by atoms with Crippen LogP contribution in [0.25, 0.3) is 0 Å². The van der Waals surface area contributed by atoms with Crippen LogP contribution >= 0.6 is 0 Å². The Bertz CT molecular complexity index is 933. The van der Waals surface area contributed by atoms with Crippen molar-refractivity contribution in [2.75, 3.05) is 51.5 Å². The van der Waals surface area contributed by atoms with E-state index >= 15 is 0 Å². The van der Waals surface area contributed by atoms with Gasteiger partial charge in [-0.25, -0.2) is 0 Å². The molecule has 0 radical (unpaired) electrons. The van der Waals surface area contributed by atoms with E-state index in [1.165, 1.54) is 54.0 Å². The molecule has 5 nitrogen and oxygen atoms in total. The fraction of sp³-hybridized carbons (Fsp3) is 0.556. The highest BCUT2D eigenvalue weighted by molar-refractivity contribution is 5.77. The van der Waals surface area contributed by atoms with Gasteiger partial charge in [0.1, 0.15) is 0 Å². The second-order valence-electron chi connectivity index (χ2n) is 9.41. The van der Waals surface area contributed by atoms with Crippen molar-refractivity contribution in [3.8, 4) is 11.5 Å². The van der Waals surface area contributed by atoms with Crippen molar-refractivity contribution in [1.29, 1.82) is 0 Å². The monoisotopic (exact) mass is 436 g/mol. The molecule has 5 rings (SSSR count). The van der Waals surface area contributed by atoms with Gasteiger partial charge < -0.3 is 24.0 Å². The number of benzene rings is 2. The molecule has 172 valence electrons. The third-order valence-corrected chi connectivity index (χ3v) is 7.13. The summed E-state index contributed by atoms with van der Waals surface area (Å²) in [6.07, 6.45) is 6.74. The molecule has 3 aliphatic heterocycles. The van der Waals surface area contributed by atoms with Crippen molar-refractivity contribution in [3.05, 3.63) is 47.0 Å². The summed E-state index contributed by atoms with van der Waals surface area (Å²) >= 11 is 0. The van der Waals surface area contributed by atoms with Crippen molar-refractivity contribution < 1.29 is 14.2 Å². The first-order valence-electron chi connectivity index (χ1n) is 12.3. The van der Waals surface area contributed by atoms with Crippen LogP contribution in [0.1, 0.15) is 48.8 Å². The van der Waals surface area contributed by atoms with E-state index in [2.05, 4.69) is 47.1 Å². The van der Waals surface area contributed by atoms with Crippen LogP contribution in [0.5, 0.6) is 11.5 Å². The number of rotatable bonds is 7. The number of methoxy groups -OCH3 is 1. The lowest BCUT2D eigenvalue weighted by molar-refractivity contribution is 0.0864. The summed E-state index contributed by atoms with van der Waals surface area (Å²) in [6, 6.07) is 11.7. The van der Waals surface area contributed by atoms with E-state index in [1.807, 2.05) is 0 Å². The molecule has 0 unspecified atom stereocenters. The van der Waals surface area contributed by atoms with Gasteiger partial charge in [0.2, 0.25) is 0 Å². The van der Waals surface area contributed by atoms with Gasteiger partial charge in [0.15, 0.2) is 11.5 Å². The molecule has 2 fully saturated rings. The van der Waals surface area contributed by atoms with Crippen molar-refractivity contribution >= 4 is 11.4 Å². The fourth-order valence-corrected chi connectivity index (χ4v) is 5.47. The van der Waals surface area contributed by atoms with Gasteiger partial charge in [-0.1, -0.05) is 17.7 Å². The van der Waals surface area contributed by atoms with E-state index in [4.69, 9.17) is 14.2 Å². The summed E-state index contributed by atoms with van der Waals surface area (Å²) < 4.78 is 17.7. The smallest absolute Gasteiger partial charge is 0.163 e. The summed E-state index contributed by atoms with van der Waals surface area (Å²) in [5, 5.41) is 0. The van der Waals surface area contributed by atoms with Gasteiger partial charge in [0.25, 0.3) is 0 Å². The molecule has 0 aliphatic carbocycles. The minimum Gasteiger partial charge on any atom is -0.493 e. The van der Waals surface area contributed by atoms with Gasteiger partial charge in [0.05, 0.1) is 13.7 Å². The van der Waals surface area contributed by atoms with Crippen molar-refractivity contribution in [1.82, 2.24) is 4.90 Å². The Morgan fingerprint density at radius 1 is 0.969 bits per heavy atom. The Morgan fingerprint density at radius 2 is 1.75 bits per heavy atom. The molecular formula is C27H36N2O3. The third kappa shape index (κ3) is 4.46. The molecule has 5 heteroatoms. The molecule has 0 amide bonds. The lowest BCUT2D eigenvalue weighted by Crippen LogP contribution is -2.38. The number of hydrogen-bond acceptors (Lipinski definition) is 5. The normalized spacial score (nSPS) is 19.0. The third-order valence-electron chi connectivity index (χ3n) is 7.13. The average molecular weight is 437 g/mol. The van der Waals surface area contributed by atoms with E-state index < -0.39 is 0 Å². The number of nitrogens with zero attached hydrogens (tertiary/aromatic N) is 2. The number of fused-ring (bicyclic) bond motifs is 2. The Labute approximate surface area is 192 Å². The van der Waals surface area contributed by atoms with Crippen LogP contribution < -0.4 is 14.4 Å². The highest BCUT2D eigenvalue weighted by Gasteiger charge is 2.31. The Balaban J connectivity index is 1.42. The van der Waals surface area contributed by atoms with Gasteiger partial charge in [-0.3, -0.25) is 0 Å². The first kappa shape index (κ1) is 21.6. The van der Waals surface area contributed by atoms with Crippen LogP contribution in [0.4, 0.5) is 11.4 Å². The fourth-order valence-electron chi connectivity index (χ4n) is 5.47. The Kier molecular flexibility index (Phi) is 6.56. The number of aryl methyl sites for hydroxylation is 1. The largest absolute Gasteiger partial charge is 0.493 e. The number of likely N-dealkylation sites (tertiary alicyclic amines) is 1. The first-order chi connectivity index (χ1) is 15.7. The number of anilines is 2. The maximum atomic E-state index is 6.29.